The number of likely N-dealkylation sites (tertiary alicyclic amines) is 1. The molecule has 0 amide bonds. The van der Waals surface area contributed by atoms with Gasteiger partial charge in [0.25, 0.3) is 0 Å². The first-order valence-electron chi connectivity index (χ1n) is 12.5. The Morgan fingerprint density at radius 1 is 1.00 bits per heavy atom. The van der Waals surface area contributed by atoms with E-state index in [0.717, 1.165) is 43.8 Å². The molecule has 1 saturated heterocycles. The highest BCUT2D eigenvalue weighted by Crippen LogP contribution is 2.32. The van der Waals surface area contributed by atoms with Crippen molar-refractivity contribution in [2.45, 2.75) is 37.5 Å². The summed E-state index contributed by atoms with van der Waals surface area (Å²) in [5.74, 6) is 1.14. The van der Waals surface area contributed by atoms with Gasteiger partial charge in [-0.25, -0.2) is 0 Å². The lowest BCUT2D eigenvalue weighted by Gasteiger charge is -2.36. The zero-order valence-electron chi connectivity index (χ0n) is 20.2. The average molecular weight is 493 g/mol. The standard InChI is InChI=1S/C29H31F3N4/c1-21(35-15-13-28-24(19-35)16-25(17-34-28)29(30,31)32)36-14-12-26(20-36)33-18-27(22-8-4-2-5-9-22)23-10-6-3-7-11-23/h2-11,16-17,26-27,33H,1,12-15,18-20H2. The zero-order chi connectivity index (χ0) is 25.1. The number of hydrogen-bond donors (Lipinski definition) is 1. The van der Waals surface area contributed by atoms with Crippen molar-refractivity contribution in [2.75, 3.05) is 26.2 Å². The third-order valence-electron chi connectivity index (χ3n) is 7.30. The number of rotatable bonds is 7. The van der Waals surface area contributed by atoms with Crippen molar-refractivity contribution >= 4 is 0 Å². The normalized spacial score (nSPS) is 17.9. The monoisotopic (exact) mass is 492 g/mol. The van der Waals surface area contributed by atoms with Crippen LogP contribution >= 0.6 is 0 Å². The van der Waals surface area contributed by atoms with Crippen LogP contribution < -0.4 is 5.32 Å². The first kappa shape index (κ1) is 24.4. The molecule has 0 bridgehead atoms. The van der Waals surface area contributed by atoms with E-state index in [1.54, 1.807) is 0 Å². The second-order valence-electron chi connectivity index (χ2n) is 9.63. The summed E-state index contributed by atoms with van der Waals surface area (Å²) in [6, 6.07) is 22.7. The van der Waals surface area contributed by atoms with Gasteiger partial charge in [0, 0.05) is 63.0 Å². The number of halogens is 3. The smallest absolute Gasteiger partial charge is 0.357 e. The molecule has 2 aromatic carbocycles. The molecule has 1 fully saturated rings. The maximum atomic E-state index is 13.2. The number of fused-ring (bicyclic) bond motifs is 1. The highest BCUT2D eigenvalue weighted by atomic mass is 19.4. The molecular weight excluding hydrogens is 461 g/mol. The summed E-state index contributed by atoms with van der Waals surface area (Å²) in [7, 11) is 0. The van der Waals surface area contributed by atoms with Gasteiger partial charge in [0.15, 0.2) is 0 Å². The number of pyridine rings is 1. The molecule has 2 aliphatic heterocycles. The van der Waals surface area contributed by atoms with Gasteiger partial charge in [0.2, 0.25) is 0 Å². The van der Waals surface area contributed by atoms with E-state index in [4.69, 9.17) is 0 Å². The molecule has 0 spiro atoms. The summed E-state index contributed by atoms with van der Waals surface area (Å²) in [4.78, 5) is 8.42. The van der Waals surface area contributed by atoms with Gasteiger partial charge in [-0.3, -0.25) is 4.98 Å². The largest absolute Gasteiger partial charge is 0.417 e. The summed E-state index contributed by atoms with van der Waals surface area (Å²) in [5, 5.41) is 3.77. The second-order valence-corrected chi connectivity index (χ2v) is 9.63. The maximum Gasteiger partial charge on any atom is 0.417 e. The Balaban J connectivity index is 1.20. The summed E-state index contributed by atoms with van der Waals surface area (Å²) < 4.78 is 39.5. The fourth-order valence-electron chi connectivity index (χ4n) is 5.25. The minimum atomic E-state index is -4.38. The Labute approximate surface area is 210 Å². The van der Waals surface area contributed by atoms with Crippen molar-refractivity contribution < 1.29 is 13.2 Å². The number of nitrogens with zero attached hydrogens (tertiary/aromatic N) is 3. The molecule has 7 heteroatoms. The molecule has 3 heterocycles. The van der Waals surface area contributed by atoms with E-state index >= 15 is 0 Å². The first-order valence-corrected chi connectivity index (χ1v) is 12.5. The van der Waals surface area contributed by atoms with Crippen molar-refractivity contribution in [2.24, 2.45) is 0 Å². The van der Waals surface area contributed by atoms with Crippen LogP contribution in [-0.4, -0.2) is 47.0 Å². The molecule has 0 radical (unpaired) electrons. The Morgan fingerprint density at radius 2 is 1.67 bits per heavy atom. The SMILES string of the molecule is C=C(N1CCc2ncc(C(F)(F)F)cc2C1)N1CCC(NCC(c2ccccc2)c2ccccc2)C1. The molecule has 4 nitrogen and oxygen atoms in total. The van der Waals surface area contributed by atoms with Gasteiger partial charge in [0.1, 0.15) is 0 Å². The lowest BCUT2D eigenvalue weighted by atomic mass is 9.91. The van der Waals surface area contributed by atoms with Gasteiger partial charge in [-0.15, -0.1) is 0 Å². The molecule has 0 aliphatic carbocycles. The summed E-state index contributed by atoms with van der Waals surface area (Å²) in [6.07, 6.45) is -1.82. The van der Waals surface area contributed by atoms with Crippen LogP contribution in [0.2, 0.25) is 0 Å². The number of aromatic nitrogens is 1. The maximum absolute atomic E-state index is 13.2. The van der Waals surface area contributed by atoms with Gasteiger partial charge in [0.05, 0.1) is 11.4 Å². The van der Waals surface area contributed by atoms with Crippen LogP contribution in [0.1, 0.15) is 40.3 Å². The molecule has 5 rings (SSSR count). The lowest BCUT2D eigenvalue weighted by molar-refractivity contribution is -0.137. The van der Waals surface area contributed by atoms with Gasteiger partial charge < -0.3 is 15.1 Å². The Bertz CT molecular complexity index is 1140. The van der Waals surface area contributed by atoms with Crippen molar-refractivity contribution in [1.29, 1.82) is 0 Å². The van der Waals surface area contributed by atoms with Crippen molar-refractivity contribution in [3.05, 3.63) is 113 Å². The number of hydrogen-bond acceptors (Lipinski definition) is 4. The van der Waals surface area contributed by atoms with Crippen LogP contribution in [0.3, 0.4) is 0 Å². The Hall–Kier alpha value is -3.32. The fourth-order valence-corrected chi connectivity index (χ4v) is 5.25. The van der Waals surface area contributed by atoms with E-state index in [9.17, 15) is 13.2 Å². The van der Waals surface area contributed by atoms with Gasteiger partial charge in [-0.2, -0.15) is 13.2 Å². The summed E-state index contributed by atoms with van der Waals surface area (Å²) in [6.45, 7) is 7.97. The predicted octanol–water partition coefficient (Wildman–Crippen LogP) is 5.43. The Kier molecular flexibility index (Phi) is 7.01. The number of alkyl halides is 3. The van der Waals surface area contributed by atoms with Crippen LogP contribution in [0.4, 0.5) is 13.2 Å². The molecule has 1 atom stereocenters. The third kappa shape index (κ3) is 5.41. The minimum absolute atomic E-state index is 0.263. The fraction of sp³-hybridized carbons (Fsp3) is 0.345. The average Bonchev–Trinajstić information content (AvgIpc) is 3.37. The quantitative estimate of drug-likeness (QED) is 0.477. The molecule has 188 valence electrons. The van der Waals surface area contributed by atoms with E-state index in [-0.39, 0.29) is 5.92 Å². The van der Waals surface area contributed by atoms with Gasteiger partial charge >= 0.3 is 6.18 Å². The van der Waals surface area contributed by atoms with Crippen LogP contribution in [0.25, 0.3) is 0 Å². The molecule has 3 aromatic rings. The van der Waals surface area contributed by atoms with E-state index < -0.39 is 11.7 Å². The van der Waals surface area contributed by atoms with E-state index in [0.29, 0.717) is 31.1 Å². The van der Waals surface area contributed by atoms with Crippen LogP contribution in [0.15, 0.2) is 85.3 Å². The van der Waals surface area contributed by atoms with Gasteiger partial charge in [-0.05, 0) is 29.2 Å². The molecule has 36 heavy (non-hydrogen) atoms. The third-order valence-corrected chi connectivity index (χ3v) is 7.30. The minimum Gasteiger partial charge on any atom is -0.357 e. The van der Waals surface area contributed by atoms with Crippen LogP contribution in [-0.2, 0) is 19.1 Å². The van der Waals surface area contributed by atoms with Crippen molar-refractivity contribution in [3.8, 4) is 0 Å². The zero-order valence-corrected chi connectivity index (χ0v) is 20.2. The second kappa shape index (κ2) is 10.3. The number of benzene rings is 2. The lowest BCUT2D eigenvalue weighted by Crippen LogP contribution is -2.40. The van der Waals surface area contributed by atoms with E-state index in [1.165, 1.54) is 17.2 Å². The van der Waals surface area contributed by atoms with E-state index in [2.05, 4.69) is 75.2 Å². The molecule has 2 aliphatic rings. The summed E-state index contributed by atoms with van der Waals surface area (Å²) in [5.41, 5.74) is 3.27. The van der Waals surface area contributed by atoms with E-state index in [1.807, 2.05) is 12.1 Å². The van der Waals surface area contributed by atoms with Gasteiger partial charge in [-0.1, -0.05) is 67.2 Å². The molecule has 0 saturated carbocycles. The topological polar surface area (TPSA) is 31.4 Å². The predicted molar refractivity (Wildman–Crippen MR) is 135 cm³/mol. The molecule has 1 aromatic heterocycles. The molecular formula is C29H31F3N4. The highest BCUT2D eigenvalue weighted by Gasteiger charge is 2.33. The number of nitrogens with one attached hydrogen (secondary N) is 1. The first-order chi connectivity index (χ1) is 17.4. The van der Waals surface area contributed by atoms with Crippen molar-refractivity contribution in [3.63, 3.8) is 0 Å². The van der Waals surface area contributed by atoms with Crippen LogP contribution in [0.5, 0.6) is 0 Å². The van der Waals surface area contributed by atoms with Crippen molar-refractivity contribution in [1.82, 2.24) is 20.1 Å². The molecule has 1 unspecified atom stereocenters. The van der Waals surface area contributed by atoms with Crippen LogP contribution in [0, 0.1) is 0 Å². The summed E-state index contributed by atoms with van der Waals surface area (Å²) >= 11 is 0. The highest BCUT2D eigenvalue weighted by molar-refractivity contribution is 5.33. The Morgan fingerprint density at radius 3 is 2.31 bits per heavy atom. The molecule has 1 N–H and O–H groups in total.